The van der Waals surface area contributed by atoms with Crippen molar-refractivity contribution in [1.29, 1.82) is 0 Å². The Kier molecular flexibility index (Phi) is 7.23. The van der Waals surface area contributed by atoms with Crippen molar-refractivity contribution >= 4 is 11.8 Å². The van der Waals surface area contributed by atoms with E-state index in [9.17, 15) is 9.59 Å². The highest BCUT2D eigenvalue weighted by atomic mass is 16.2. The third-order valence-corrected chi connectivity index (χ3v) is 3.92. The molecule has 0 heterocycles. The van der Waals surface area contributed by atoms with Crippen LogP contribution in [0, 0.1) is 0 Å². The van der Waals surface area contributed by atoms with Gasteiger partial charge in [0.25, 0.3) is 5.91 Å². The molecule has 4 N–H and O–H groups in total. The van der Waals surface area contributed by atoms with Crippen molar-refractivity contribution in [2.45, 2.75) is 65.1 Å². The fourth-order valence-electron chi connectivity index (χ4n) is 2.25. The summed E-state index contributed by atoms with van der Waals surface area (Å²) >= 11 is 0. The van der Waals surface area contributed by atoms with Gasteiger partial charge in [0.2, 0.25) is 5.91 Å². The Hall–Kier alpha value is -1.88. The van der Waals surface area contributed by atoms with Crippen LogP contribution in [0.15, 0.2) is 24.3 Å². The van der Waals surface area contributed by atoms with Gasteiger partial charge in [0.1, 0.15) is 0 Å². The van der Waals surface area contributed by atoms with E-state index in [0.717, 1.165) is 18.4 Å². The average Bonchev–Trinajstić information content (AvgIpc) is 2.52. The number of carbonyl (C=O) groups excluding carboxylic acids is 2. The second-order valence-electron chi connectivity index (χ2n) is 6.33. The monoisotopic (exact) mass is 319 g/mol. The summed E-state index contributed by atoms with van der Waals surface area (Å²) in [4.78, 5) is 24.2. The number of hydrogen-bond acceptors (Lipinski definition) is 3. The van der Waals surface area contributed by atoms with E-state index in [2.05, 4.69) is 10.6 Å². The molecule has 0 aliphatic carbocycles. The highest BCUT2D eigenvalue weighted by Gasteiger charge is 2.26. The lowest BCUT2D eigenvalue weighted by Crippen LogP contribution is -2.51. The number of nitrogens with two attached hydrogens (primary N) is 1. The molecule has 0 aliphatic heterocycles. The quantitative estimate of drug-likeness (QED) is 0.687. The van der Waals surface area contributed by atoms with Gasteiger partial charge in [-0.2, -0.15) is 0 Å². The van der Waals surface area contributed by atoms with Crippen molar-refractivity contribution in [3.8, 4) is 0 Å². The summed E-state index contributed by atoms with van der Waals surface area (Å²) in [5, 5.41) is 5.78. The summed E-state index contributed by atoms with van der Waals surface area (Å²) in [6.45, 7) is 8.09. The van der Waals surface area contributed by atoms with Crippen molar-refractivity contribution in [3.05, 3.63) is 35.4 Å². The first-order valence-electron chi connectivity index (χ1n) is 8.27. The molecule has 2 unspecified atom stereocenters. The van der Waals surface area contributed by atoms with Gasteiger partial charge >= 0.3 is 0 Å². The smallest absolute Gasteiger partial charge is 0.251 e. The molecule has 23 heavy (non-hydrogen) atoms. The molecule has 0 radical (unpaired) electrons. The van der Waals surface area contributed by atoms with Crippen LogP contribution in [0.4, 0.5) is 0 Å². The molecule has 0 spiro atoms. The molecule has 5 heteroatoms. The molecular weight excluding hydrogens is 290 g/mol. The zero-order chi connectivity index (χ0) is 17.5. The third kappa shape index (κ3) is 6.02. The fourth-order valence-corrected chi connectivity index (χ4v) is 2.25. The van der Waals surface area contributed by atoms with E-state index in [0.29, 0.717) is 18.5 Å². The first-order valence-corrected chi connectivity index (χ1v) is 8.27. The highest BCUT2D eigenvalue weighted by molar-refractivity contribution is 5.94. The summed E-state index contributed by atoms with van der Waals surface area (Å²) in [5.41, 5.74) is 6.62. The summed E-state index contributed by atoms with van der Waals surface area (Å²) < 4.78 is 0. The van der Waals surface area contributed by atoms with Crippen molar-refractivity contribution in [1.82, 2.24) is 10.6 Å². The van der Waals surface area contributed by atoms with Crippen molar-refractivity contribution < 1.29 is 9.59 Å². The molecule has 2 atom stereocenters. The van der Waals surface area contributed by atoms with E-state index in [1.807, 2.05) is 32.9 Å². The van der Waals surface area contributed by atoms with Crippen LogP contribution >= 0.6 is 0 Å². The van der Waals surface area contributed by atoms with Gasteiger partial charge in [0, 0.05) is 18.2 Å². The molecule has 5 nitrogen and oxygen atoms in total. The van der Waals surface area contributed by atoms with E-state index >= 15 is 0 Å². The molecule has 0 bridgehead atoms. The van der Waals surface area contributed by atoms with Gasteiger partial charge in [0.15, 0.2) is 0 Å². The van der Waals surface area contributed by atoms with E-state index in [1.165, 1.54) is 0 Å². The zero-order valence-corrected chi connectivity index (χ0v) is 14.6. The van der Waals surface area contributed by atoms with Gasteiger partial charge in [0.05, 0.1) is 5.54 Å². The second kappa shape index (κ2) is 8.67. The van der Waals surface area contributed by atoms with E-state index < -0.39 is 5.54 Å². The number of amides is 2. The average molecular weight is 319 g/mol. The molecule has 0 aliphatic rings. The maximum atomic E-state index is 12.1. The molecule has 0 fully saturated rings. The fraction of sp³-hybridized carbons (Fsp3) is 0.556. The van der Waals surface area contributed by atoms with Crippen LogP contribution < -0.4 is 16.4 Å². The normalized spacial score (nSPS) is 14.7. The van der Waals surface area contributed by atoms with E-state index in [4.69, 9.17) is 5.73 Å². The molecule has 0 aromatic heterocycles. The summed E-state index contributed by atoms with van der Waals surface area (Å²) in [6.07, 6.45) is 2.37. The van der Waals surface area contributed by atoms with Crippen molar-refractivity contribution in [2.24, 2.45) is 5.73 Å². The number of rotatable bonds is 8. The zero-order valence-electron chi connectivity index (χ0n) is 14.6. The SMILES string of the molecule is CCCC(C)(N)C(=O)NCc1cccc(C(=O)NC(C)CC)c1. The van der Waals surface area contributed by atoms with E-state index in [-0.39, 0.29) is 17.9 Å². The Bertz CT molecular complexity index is 541. The standard InChI is InChI=1S/C18H29N3O2/c1-5-10-18(4,19)17(23)20-12-14-8-7-9-15(11-14)16(22)21-13(3)6-2/h7-9,11,13H,5-6,10,12,19H2,1-4H3,(H,20,23)(H,21,22). The largest absolute Gasteiger partial charge is 0.350 e. The molecule has 0 saturated carbocycles. The third-order valence-electron chi connectivity index (χ3n) is 3.92. The van der Waals surface area contributed by atoms with Crippen molar-refractivity contribution in [3.63, 3.8) is 0 Å². The van der Waals surface area contributed by atoms with Gasteiger partial charge < -0.3 is 16.4 Å². The van der Waals surface area contributed by atoms with Crippen LogP contribution in [-0.4, -0.2) is 23.4 Å². The number of nitrogens with one attached hydrogen (secondary N) is 2. The molecular formula is C18H29N3O2. The minimum atomic E-state index is -0.861. The maximum absolute atomic E-state index is 12.1. The van der Waals surface area contributed by atoms with Crippen LogP contribution in [0.25, 0.3) is 0 Å². The predicted octanol–water partition coefficient (Wildman–Crippen LogP) is 2.35. The van der Waals surface area contributed by atoms with Gasteiger partial charge in [-0.3, -0.25) is 9.59 Å². The predicted molar refractivity (Wildman–Crippen MR) is 93.0 cm³/mol. The second-order valence-corrected chi connectivity index (χ2v) is 6.33. The summed E-state index contributed by atoms with van der Waals surface area (Å²) in [6, 6.07) is 7.41. The van der Waals surface area contributed by atoms with Crippen LogP contribution in [0.1, 0.15) is 62.9 Å². The molecule has 1 aromatic rings. The number of hydrogen-bond donors (Lipinski definition) is 3. The Balaban J connectivity index is 2.67. The van der Waals surface area contributed by atoms with E-state index in [1.54, 1.807) is 19.1 Å². The Morgan fingerprint density at radius 3 is 2.61 bits per heavy atom. The van der Waals surface area contributed by atoms with Crippen LogP contribution in [0.2, 0.25) is 0 Å². The Morgan fingerprint density at radius 2 is 2.00 bits per heavy atom. The first kappa shape index (κ1) is 19.2. The minimum Gasteiger partial charge on any atom is -0.350 e. The lowest BCUT2D eigenvalue weighted by molar-refractivity contribution is -0.126. The topological polar surface area (TPSA) is 84.2 Å². The van der Waals surface area contributed by atoms with Gasteiger partial charge in [-0.05, 0) is 44.4 Å². The lowest BCUT2D eigenvalue weighted by Gasteiger charge is -2.22. The number of carbonyl (C=O) groups is 2. The summed E-state index contributed by atoms with van der Waals surface area (Å²) in [5.74, 6) is -0.268. The Morgan fingerprint density at radius 1 is 1.30 bits per heavy atom. The Labute approximate surface area is 139 Å². The molecule has 1 aromatic carbocycles. The van der Waals surface area contributed by atoms with Crippen molar-refractivity contribution in [2.75, 3.05) is 0 Å². The molecule has 0 saturated heterocycles. The van der Waals surface area contributed by atoms with Gasteiger partial charge in [-0.25, -0.2) is 0 Å². The van der Waals surface area contributed by atoms with Gasteiger partial charge in [-0.15, -0.1) is 0 Å². The number of benzene rings is 1. The lowest BCUT2D eigenvalue weighted by atomic mass is 9.96. The van der Waals surface area contributed by atoms with Crippen LogP contribution in [0.3, 0.4) is 0 Å². The highest BCUT2D eigenvalue weighted by Crippen LogP contribution is 2.10. The van der Waals surface area contributed by atoms with Crippen LogP contribution in [0.5, 0.6) is 0 Å². The molecule has 2 amide bonds. The minimum absolute atomic E-state index is 0.0952. The first-order chi connectivity index (χ1) is 10.8. The van der Waals surface area contributed by atoms with Gasteiger partial charge in [-0.1, -0.05) is 32.4 Å². The molecule has 1 rings (SSSR count). The van der Waals surface area contributed by atoms with Crippen LogP contribution in [-0.2, 0) is 11.3 Å². The summed E-state index contributed by atoms with van der Waals surface area (Å²) in [7, 11) is 0. The maximum Gasteiger partial charge on any atom is 0.251 e. The molecule has 128 valence electrons.